The molecule has 2 aliphatic rings. The van der Waals surface area contributed by atoms with Crippen LogP contribution in [0.25, 0.3) is 0 Å². The highest BCUT2D eigenvalue weighted by atomic mass is 16.5. The third-order valence-corrected chi connectivity index (χ3v) is 5.15. The van der Waals surface area contributed by atoms with Crippen LogP contribution in [0.4, 0.5) is 11.4 Å². The molecule has 0 unspecified atom stereocenters. The molecule has 2 aromatic rings. The average Bonchev–Trinajstić information content (AvgIpc) is 2.99. The van der Waals surface area contributed by atoms with Crippen molar-refractivity contribution in [3.8, 4) is 0 Å². The summed E-state index contributed by atoms with van der Waals surface area (Å²) in [5, 5.41) is 0. The van der Waals surface area contributed by atoms with Crippen molar-refractivity contribution in [1.82, 2.24) is 0 Å². The van der Waals surface area contributed by atoms with E-state index in [0.717, 1.165) is 11.3 Å². The number of ether oxygens (including phenoxy) is 2. The summed E-state index contributed by atoms with van der Waals surface area (Å²) in [5.74, 6) is -1.38. The lowest BCUT2D eigenvalue weighted by Crippen LogP contribution is -2.27. The normalized spacial score (nSPS) is 15.1. The second-order valence-corrected chi connectivity index (χ2v) is 6.88. The number of hydrogen-bond donors (Lipinski definition) is 0. The van der Waals surface area contributed by atoms with Gasteiger partial charge in [0.2, 0.25) is 0 Å². The molecule has 31 heavy (non-hydrogen) atoms. The number of anilines is 2. The van der Waals surface area contributed by atoms with E-state index >= 15 is 0 Å². The Morgan fingerprint density at radius 3 is 2.23 bits per heavy atom. The number of rotatable bonds is 4. The number of fused-ring (bicyclic) bond motifs is 1. The molecule has 0 atom stereocenters. The van der Waals surface area contributed by atoms with Crippen molar-refractivity contribution in [3.05, 3.63) is 95.4 Å². The van der Waals surface area contributed by atoms with Crippen LogP contribution in [0.2, 0.25) is 0 Å². The zero-order valence-corrected chi connectivity index (χ0v) is 17.1. The zero-order chi connectivity index (χ0) is 22.0. The van der Waals surface area contributed by atoms with Crippen molar-refractivity contribution in [2.75, 3.05) is 24.0 Å². The summed E-state index contributed by atoms with van der Waals surface area (Å²) in [7, 11) is 2.50. The van der Waals surface area contributed by atoms with Crippen molar-refractivity contribution in [1.29, 1.82) is 0 Å². The van der Waals surface area contributed by atoms with Gasteiger partial charge in [0.25, 0.3) is 5.91 Å². The molecular formula is C24H20N2O5. The third-order valence-electron chi connectivity index (χ3n) is 5.15. The molecule has 0 saturated heterocycles. The first-order chi connectivity index (χ1) is 15.0. The van der Waals surface area contributed by atoms with Crippen LogP contribution >= 0.6 is 0 Å². The molecule has 7 heteroatoms. The van der Waals surface area contributed by atoms with Crippen LogP contribution in [-0.4, -0.2) is 32.1 Å². The van der Waals surface area contributed by atoms with Crippen LogP contribution in [-0.2, 0) is 25.6 Å². The zero-order valence-electron chi connectivity index (χ0n) is 17.1. The number of benzene rings is 2. The number of hydrogen-bond acceptors (Lipinski definition) is 6. The van der Waals surface area contributed by atoms with Crippen molar-refractivity contribution < 1.29 is 23.9 Å². The highest BCUT2D eigenvalue weighted by molar-refractivity contribution is 6.10. The minimum Gasteiger partial charge on any atom is -0.465 e. The lowest BCUT2D eigenvalue weighted by molar-refractivity contribution is -0.139. The summed E-state index contributed by atoms with van der Waals surface area (Å²) in [5.41, 5.74) is 3.15. The van der Waals surface area contributed by atoms with Gasteiger partial charge in [0.15, 0.2) is 0 Å². The Labute approximate surface area is 179 Å². The Morgan fingerprint density at radius 1 is 0.871 bits per heavy atom. The maximum absolute atomic E-state index is 12.7. The van der Waals surface area contributed by atoms with Crippen LogP contribution in [0.3, 0.4) is 0 Å². The van der Waals surface area contributed by atoms with Gasteiger partial charge in [-0.2, -0.15) is 0 Å². The first-order valence-electron chi connectivity index (χ1n) is 9.60. The van der Waals surface area contributed by atoms with Crippen LogP contribution in [0.15, 0.2) is 84.2 Å². The molecule has 4 rings (SSSR count). The van der Waals surface area contributed by atoms with Crippen LogP contribution in [0, 0.1) is 0 Å². The van der Waals surface area contributed by atoms with Gasteiger partial charge in [-0.3, -0.25) is 4.79 Å². The maximum Gasteiger partial charge on any atom is 0.355 e. The Kier molecular flexibility index (Phi) is 5.41. The molecule has 0 spiro atoms. The van der Waals surface area contributed by atoms with E-state index in [0.29, 0.717) is 17.8 Å². The second kappa shape index (κ2) is 8.31. The molecule has 0 fully saturated rings. The first kappa shape index (κ1) is 20.2. The van der Waals surface area contributed by atoms with E-state index < -0.39 is 11.9 Å². The number of carbonyl (C=O) groups excluding carboxylic acids is 3. The molecule has 2 heterocycles. The van der Waals surface area contributed by atoms with Crippen LogP contribution in [0.5, 0.6) is 0 Å². The fraction of sp³-hybridized carbons (Fsp3) is 0.125. The molecular weight excluding hydrogens is 396 g/mol. The number of methoxy groups -OCH3 is 2. The van der Waals surface area contributed by atoms with E-state index in [1.165, 1.54) is 20.3 Å². The average molecular weight is 416 g/mol. The smallest absolute Gasteiger partial charge is 0.355 e. The molecule has 1 amide bonds. The van der Waals surface area contributed by atoms with E-state index in [-0.39, 0.29) is 17.2 Å². The van der Waals surface area contributed by atoms with Crippen molar-refractivity contribution in [3.63, 3.8) is 0 Å². The van der Waals surface area contributed by atoms with Gasteiger partial charge < -0.3 is 19.3 Å². The molecule has 7 nitrogen and oxygen atoms in total. The number of esters is 2. The van der Waals surface area contributed by atoms with Crippen LogP contribution in [0.1, 0.15) is 15.9 Å². The van der Waals surface area contributed by atoms with E-state index in [2.05, 4.69) is 0 Å². The van der Waals surface area contributed by atoms with Gasteiger partial charge in [0, 0.05) is 23.1 Å². The Bertz CT molecular complexity index is 1140. The summed E-state index contributed by atoms with van der Waals surface area (Å²) < 4.78 is 9.74. The second-order valence-electron chi connectivity index (χ2n) is 6.88. The molecule has 0 N–H and O–H groups in total. The molecule has 0 aromatic heterocycles. The SMILES string of the molecule is COC(=O)C1=C(C(=O)OC)N(c2ccc(N3Cc4ccccc4C3=O)cc2)C=CC=C1. The first-order valence-corrected chi connectivity index (χ1v) is 9.60. The lowest BCUT2D eigenvalue weighted by Gasteiger charge is -2.24. The summed E-state index contributed by atoms with van der Waals surface area (Å²) in [6.45, 7) is 0.502. The minimum atomic E-state index is -0.675. The predicted octanol–water partition coefficient (Wildman–Crippen LogP) is 3.34. The van der Waals surface area contributed by atoms with Gasteiger partial charge in [-0.1, -0.05) is 24.3 Å². The highest BCUT2D eigenvalue weighted by Crippen LogP contribution is 2.31. The van der Waals surface area contributed by atoms with Gasteiger partial charge in [-0.05, 0) is 48.0 Å². The molecule has 0 bridgehead atoms. The molecule has 0 radical (unpaired) electrons. The van der Waals surface area contributed by atoms with Crippen molar-refractivity contribution in [2.24, 2.45) is 0 Å². The highest BCUT2D eigenvalue weighted by Gasteiger charge is 2.29. The van der Waals surface area contributed by atoms with Gasteiger partial charge >= 0.3 is 11.9 Å². The van der Waals surface area contributed by atoms with E-state index in [9.17, 15) is 14.4 Å². The van der Waals surface area contributed by atoms with E-state index in [1.54, 1.807) is 52.4 Å². The van der Waals surface area contributed by atoms with Crippen LogP contribution < -0.4 is 9.80 Å². The fourth-order valence-electron chi connectivity index (χ4n) is 3.62. The largest absolute Gasteiger partial charge is 0.465 e. The number of allylic oxidation sites excluding steroid dienone is 2. The number of amides is 1. The standard InChI is InChI=1S/C24H20N2O5/c1-30-23(28)20-9-5-6-14-25(21(20)24(29)31-2)17-10-12-18(13-11-17)26-15-16-7-3-4-8-19(16)22(26)27/h3-14H,15H2,1-2H3. The van der Waals surface area contributed by atoms with Gasteiger partial charge in [-0.15, -0.1) is 0 Å². The van der Waals surface area contributed by atoms with Crippen molar-refractivity contribution >= 4 is 29.2 Å². The van der Waals surface area contributed by atoms with E-state index in [4.69, 9.17) is 9.47 Å². The predicted molar refractivity (Wildman–Crippen MR) is 115 cm³/mol. The monoisotopic (exact) mass is 416 g/mol. The molecule has 2 aromatic carbocycles. The Balaban J connectivity index is 1.69. The number of nitrogens with zero attached hydrogens (tertiary/aromatic N) is 2. The summed E-state index contributed by atoms with van der Waals surface area (Å²) in [6.07, 6.45) is 6.50. The van der Waals surface area contributed by atoms with Gasteiger partial charge in [0.1, 0.15) is 5.70 Å². The summed E-state index contributed by atoms with van der Waals surface area (Å²) >= 11 is 0. The third kappa shape index (κ3) is 3.61. The fourth-order valence-corrected chi connectivity index (χ4v) is 3.62. The quantitative estimate of drug-likeness (QED) is 0.712. The van der Waals surface area contributed by atoms with Gasteiger partial charge in [-0.25, -0.2) is 9.59 Å². The Hall–Kier alpha value is -4.13. The summed E-state index contributed by atoms with van der Waals surface area (Å²) in [4.78, 5) is 40.8. The maximum atomic E-state index is 12.7. The van der Waals surface area contributed by atoms with Gasteiger partial charge in [0.05, 0.1) is 26.3 Å². The van der Waals surface area contributed by atoms with E-state index in [1.807, 2.05) is 24.3 Å². The topological polar surface area (TPSA) is 76.2 Å². The molecule has 2 aliphatic heterocycles. The molecule has 0 saturated carbocycles. The van der Waals surface area contributed by atoms with Crippen molar-refractivity contribution in [2.45, 2.75) is 6.54 Å². The summed E-state index contributed by atoms with van der Waals surface area (Å²) in [6, 6.07) is 14.7. The minimum absolute atomic E-state index is 0.0387. The molecule has 156 valence electrons. The number of carbonyl (C=O) groups is 3. The molecule has 0 aliphatic carbocycles. The Morgan fingerprint density at radius 2 is 1.55 bits per heavy atom. The lowest BCUT2D eigenvalue weighted by atomic mass is 10.1.